The third-order valence-corrected chi connectivity index (χ3v) is 3.83. The van der Waals surface area contributed by atoms with E-state index in [4.69, 9.17) is 5.26 Å². The predicted octanol–water partition coefficient (Wildman–Crippen LogP) is 3.09. The fraction of sp³-hybridized carbons (Fsp3) is 0.211. The number of carbonyl (C=O) groups is 2. The highest BCUT2D eigenvalue weighted by Crippen LogP contribution is 2.31. The van der Waals surface area contributed by atoms with E-state index in [-0.39, 0.29) is 12.0 Å². The number of hydrogen-bond donors (Lipinski definition) is 1. The molecule has 1 N–H and O–H groups in total. The number of carbonyl (C=O) groups excluding carboxylic acids is 2. The van der Waals surface area contributed by atoms with Crippen LogP contribution in [0.3, 0.4) is 0 Å². The quantitative estimate of drug-likeness (QED) is 0.814. The molecule has 0 saturated heterocycles. The number of esters is 1. The highest BCUT2D eigenvalue weighted by molar-refractivity contribution is 5.98. The number of nitrogens with zero attached hydrogens (tertiary/aromatic N) is 1. The lowest BCUT2D eigenvalue weighted by Crippen LogP contribution is -2.43. The molecule has 0 spiro atoms. The first-order valence-corrected chi connectivity index (χ1v) is 7.81. The van der Waals surface area contributed by atoms with Crippen LogP contribution in [0.1, 0.15) is 27.0 Å². The first-order valence-electron chi connectivity index (χ1n) is 7.81. The van der Waals surface area contributed by atoms with Crippen LogP contribution in [0.25, 0.3) is 0 Å². The van der Waals surface area contributed by atoms with Gasteiger partial charge in [0.05, 0.1) is 29.9 Å². The van der Waals surface area contributed by atoms with Gasteiger partial charge in [0.15, 0.2) is 0 Å². The van der Waals surface area contributed by atoms with Crippen LogP contribution in [0, 0.1) is 11.3 Å². The Bertz CT molecular complexity index is 888. The van der Waals surface area contributed by atoms with Crippen molar-refractivity contribution < 1.29 is 27.5 Å². The molecule has 140 valence electrons. The van der Waals surface area contributed by atoms with Crippen molar-refractivity contribution in [2.45, 2.75) is 18.6 Å². The second-order valence-electron chi connectivity index (χ2n) is 5.57. The van der Waals surface area contributed by atoms with E-state index in [1.165, 1.54) is 18.2 Å². The van der Waals surface area contributed by atoms with Crippen LogP contribution < -0.4 is 5.32 Å². The minimum Gasteiger partial charge on any atom is -0.467 e. The summed E-state index contributed by atoms with van der Waals surface area (Å²) in [5, 5.41) is 11.4. The normalized spacial score (nSPS) is 12.0. The molecule has 0 aliphatic rings. The fourth-order valence-electron chi connectivity index (χ4n) is 2.53. The molecule has 0 unspecified atom stereocenters. The number of alkyl halides is 3. The van der Waals surface area contributed by atoms with E-state index in [9.17, 15) is 22.8 Å². The van der Waals surface area contributed by atoms with Gasteiger partial charge in [-0.25, -0.2) is 4.79 Å². The van der Waals surface area contributed by atoms with Crippen LogP contribution in [0.5, 0.6) is 0 Å². The van der Waals surface area contributed by atoms with Gasteiger partial charge in [0.2, 0.25) is 0 Å². The molecule has 5 nitrogen and oxygen atoms in total. The lowest BCUT2D eigenvalue weighted by Gasteiger charge is -2.19. The van der Waals surface area contributed by atoms with Gasteiger partial charge in [0.1, 0.15) is 6.04 Å². The monoisotopic (exact) mass is 376 g/mol. The van der Waals surface area contributed by atoms with Gasteiger partial charge in [-0.2, -0.15) is 18.4 Å². The Kier molecular flexibility index (Phi) is 6.19. The molecule has 0 aromatic heterocycles. The summed E-state index contributed by atoms with van der Waals surface area (Å²) in [5.74, 6) is -1.90. The Hall–Kier alpha value is -3.34. The van der Waals surface area contributed by atoms with E-state index in [1.54, 1.807) is 18.2 Å². The van der Waals surface area contributed by atoms with Gasteiger partial charge in [-0.15, -0.1) is 0 Å². The molecule has 0 fully saturated rings. The van der Waals surface area contributed by atoms with Gasteiger partial charge < -0.3 is 10.1 Å². The molecule has 0 radical (unpaired) electrons. The van der Waals surface area contributed by atoms with E-state index in [1.807, 2.05) is 6.07 Å². The highest BCUT2D eigenvalue weighted by Gasteiger charge is 2.35. The molecule has 2 rings (SSSR count). The van der Waals surface area contributed by atoms with Crippen molar-refractivity contribution in [1.82, 2.24) is 5.32 Å². The van der Waals surface area contributed by atoms with Crippen molar-refractivity contribution in [2.75, 3.05) is 7.11 Å². The number of rotatable bonds is 5. The zero-order valence-corrected chi connectivity index (χ0v) is 14.2. The summed E-state index contributed by atoms with van der Waals surface area (Å²) in [5.41, 5.74) is -0.966. The Morgan fingerprint density at radius 1 is 1.15 bits per heavy atom. The zero-order valence-electron chi connectivity index (χ0n) is 14.2. The van der Waals surface area contributed by atoms with Crippen LogP contribution in [-0.4, -0.2) is 25.0 Å². The molecule has 1 atom stereocenters. The zero-order chi connectivity index (χ0) is 20.0. The highest BCUT2D eigenvalue weighted by atomic mass is 19.4. The standard InChI is InChI=1S/C19H15F3N2O3/c1-27-18(26)16(10-12-6-2-3-7-13(12)11-23)24-17(25)14-8-4-5-9-15(14)19(20,21)22/h2-9,16H,10H2,1H3,(H,24,25)/t16-/m0/s1. The largest absolute Gasteiger partial charge is 0.467 e. The van der Waals surface area contributed by atoms with Crippen LogP contribution in [0.4, 0.5) is 13.2 Å². The van der Waals surface area contributed by atoms with Crippen LogP contribution in [-0.2, 0) is 22.1 Å². The van der Waals surface area contributed by atoms with Gasteiger partial charge >= 0.3 is 12.1 Å². The number of methoxy groups -OCH3 is 1. The Morgan fingerprint density at radius 2 is 1.78 bits per heavy atom. The smallest absolute Gasteiger partial charge is 0.417 e. The second kappa shape index (κ2) is 8.36. The van der Waals surface area contributed by atoms with Gasteiger partial charge in [0, 0.05) is 6.42 Å². The summed E-state index contributed by atoms with van der Waals surface area (Å²) < 4.78 is 44.0. The fourth-order valence-corrected chi connectivity index (χ4v) is 2.53. The maximum atomic E-state index is 13.1. The van der Waals surface area contributed by atoms with Crippen molar-refractivity contribution >= 4 is 11.9 Å². The summed E-state index contributed by atoms with van der Waals surface area (Å²) >= 11 is 0. The van der Waals surface area contributed by atoms with Gasteiger partial charge in [-0.3, -0.25) is 4.79 Å². The summed E-state index contributed by atoms with van der Waals surface area (Å²) in [6, 6.07) is 11.4. The van der Waals surface area contributed by atoms with Crippen molar-refractivity contribution in [3.05, 3.63) is 70.8 Å². The molecule has 27 heavy (non-hydrogen) atoms. The number of nitrogens with one attached hydrogen (secondary N) is 1. The van der Waals surface area contributed by atoms with E-state index in [0.29, 0.717) is 5.56 Å². The topological polar surface area (TPSA) is 79.2 Å². The lowest BCUT2D eigenvalue weighted by molar-refractivity contribution is -0.142. The maximum absolute atomic E-state index is 13.1. The molecule has 0 aliphatic carbocycles. The molecule has 0 saturated carbocycles. The van der Waals surface area contributed by atoms with E-state index >= 15 is 0 Å². The Morgan fingerprint density at radius 3 is 2.41 bits per heavy atom. The molecule has 2 aromatic carbocycles. The average Bonchev–Trinajstić information content (AvgIpc) is 2.66. The summed E-state index contributed by atoms with van der Waals surface area (Å²) in [4.78, 5) is 24.4. The molecule has 2 aromatic rings. The molecule has 0 aliphatic heterocycles. The average molecular weight is 376 g/mol. The number of amides is 1. The molecule has 1 amide bonds. The summed E-state index contributed by atoms with van der Waals surface area (Å²) in [6.45, 7) is 0. The maximum Gasteiger partial charge on any atom is 0.417 e. The lowest BCUT2D eigenvalue weighted by atomic mass is 10.00. The first-order chi connectivity index (χ1) is 12.8. The van der Waals surface area contributed by atoms with Crippen LogP contribution >= 0.6 is 0 Å². The van der Waals surface area contributed by atoms with Crippen molar-refractivity contribution in [3.8, 4) is 6.07 Å². The number of halogens is 3. The van der Waals surface area contributed by atoms with Gasteiger partial charge in [0.25, 0.3) is 5.91 Å². The minimum atomic E-state index is -4.72. The molecule has 0 heterocycles. The van der Waals surface area contributed by atoms with Crippen LogP contribution in [0.15, 0.2) is 48.5 Å². The molecule has 8 heteroatoms. The summed E-state index contributed by atoms with van der Waals surface area (Å²) in [7, 11) is 1.10. The van der Waals surface area contributed by atoms with Crippen molar-refractivity contribution in [3.63, 3.8) is 0 Å². The number of hydrogen-bond acceptors (Lipinski definition) is 4. The SMILES string of the molecule is COC(=O)[C@H](Cc1ccccc1C#N)NC(=O)c1ccccc1C(F)(F)F. The molecular weight excluding hydrogens is 361 g/mol. The van der Waals surface area contributed by atoms with Gasteiger partial charge in [-0.1, -0.05) is 30.3 Å². The van der Waals surface area contributed by atoms with E-state index in [2.05, 4.69) is 10.1 Å². The third-order valence-electron chi connectivity index (χ3n) is 3.83. The van der Waals surface area contributed by atoms with Gasteiger partial charge in [-0.05, 0) is 23.8 Å². The number of nitriles is 1. The van der Waals surface area contributed by atoms with Crippen LogP contribution in [0.2, 0.25) is 0 Å². The second-order valence-corrected chi connectivity index (χ2v) is 5.57. The van der Waals surface area contributed by atoms with E-state index < -0.39 is 35.2 Å². The third kappa shape index (κ3) is 4.85. The molecular formula is C19H15F3N2O3. The minimum absolute atomic E-state index is 0.101. The number of ether oxygens (including phenoxy) is 1. The Labute approximate surface area is 153 Å². The van der Waals surface area contributed by atoms with Crippen molar-refractivity contribution in [1.29, 1.82) is 5.26 Å². The van der Waals surface area contributed by atoms with Crippen molar-refractivity contribution in [2.24, 2.45) is 0 Å². The molecule has 0 bridgehead atoms. The summed E-state index contributed by atoms with van der Waals surface area (Å²) in [6.07, 6.45) is -4.82. The predicted molar refractivity (Wildman–Crippen MR) is 89.6 cm³/mol. The first kappa shape index (κ1) is 20.0. The Balaban J connectivity index is 2.31. The number of benzene rings is 2. The van der Waals surface area contributed by atoms with E-state index in [0.717, 1.165) is 19.2 Å².